The van der Waals surface area contributed by atoms with E-state index in [0.717, 1.165) is 49.1 Å². The molecule has 5 fully saturated rings. The lowest BCUT2D eigenvalue weighted by Gasteiger charge is -2.57. The molecule has 7 heteroatoms. The number of nitrogens with zero attached hydrogens (tertiary/aromatic N) is 2. The highest BCUT2D eigenvalue weighted by atomic mass is 19.2. The number of anilines is 1. The number of amides is 3. The summed E-state index contributed by atoms with van der Waals surface area (Å²) in [7, 11) is 0. The van der Waals surface area contributed by atoms with E-state index in [0.29, 0.717) is 18.8 Å². The Labute approximate surface area is 163 Å². The van der Waals surface area contributed by atoms with E-state index in [4.69, 9.17) is 0 Å². The maximum Gasteiger partial charge on any atom is 0.325 e. The van der Waals surface area contributed by atoms with Crippen LogP contribution in [0.2, 0.25) is 0 Å². The molecule has 28 heavy (non-hydrogen) atoms. The zero-order valence-electron chi connectivity index (χ0n) is 15.8. The van der Waals surface area contributed by atoms with Crippen LogP contribution < -0.4 is 10.2 Å². The molecule has 0 atom stereocenters. The van der Waals surface area contributed by atoms with E-state index in [9.17, 15) is 18.4 Å². The Hall–Kier alpha value is -2.18. The van der Waals surface area contributed by atoms with Crippen LogP contribution in [0.1, 0.15) is 38.5 Å². The molecule has 1 saturated heterocycles. The van der Waals surface area contributed by atoms with Crippen molar-refractivity contribution in [2.24, 2.45) is 17.8 Å². The number of carbonyl (C=O) groups is 2. The van der Waals surface area contributed by atoms with Crippen molar-refractivity contribution in [3.05, 3.63) is 29.8 Å². The zero-order chi connectivity index (χ0) is 19.5. The van der Waals surface area contributed by atoms with Gasteiger partial charge in [0, 0.05) is 30.4 Å². The van der Waals surface area contributed by atoms with Gasteiger partial charge in [-0.05, 0) is 68.4 Å². The second-order valence-electron chi connectivity index (χ2n) is 9.20. The van der Waals surface area contributed by atoms with E-state index in [2.05, 4.69) is 5.32 Å². The number of nitrogens with one attached hydrogen (secondary N) is 1. The van der Waals surface area contributed by atoms with Gasteiger partial charge in [-0.1, -0.05) is 0 Å². The van der Waals surface area contributed by atoms with E-state index in [-0.39, 0.29) is 24.0 Å². The quantitative estimate of drug-likeness (QED) is 0.859. The molecule has 4 aliphatic carbocycles. The van der Waals surface area contributed by atoms with Gasteiger partial charge in [0.2, 0.25) is 5.91 Å². The molecule has 1 aromatic carbocycles. The van der Waals surface area contributed by atoms with Crippen molar-refractivity contribution >= 4 is 17.6 Å². The third kappa shape index (κ3) is 3.05. The van der Waals surface area contributed by atoms with E-state index in [1.165, 1.54) is 35.1 Å². The van der Waals surface area contributed by atoms with Crippen LogP contribution in [0.3, 0.4) is 0 Å². The number of carbonyl (C=O) groups excluding carboxylic acids is 2. The highest BCUT2D eigenvalue weighted by Crippen LogP contribution is 2.55. The number of halogens is 2. The third-order valence-electron chi connectivity index (χ3n) is 7.09. The Morgan fingerprint density at radius 3 is 2.29 bits per heavy atom. The largest absolute Gasteiger partial charge is 0.349 e. The van der Waals surface area contributed by atoms with Crippen LogP contribution in [0.25, 0.3) is 0 Å². The molecule has 0 unspecified atom stereocenters. The molecule has 0 radical (unpaired) electrons. The molecular formula is C21H25F2N3O2. The summed E-state index contributed by atoms with van der Waals surface area (Å²) in [6, 6.07) is 3.08. The highest BCUT2D eigenvalue weighted by Gasteiger charge is 2.51. The molecule has 3 amide bonds. The molecule has 0 aromatic heterocycles. The Balaban J connectivity index is 1.22. The van der Waals surface area contributed by atoms with Crippen molar-refractivity contribution in [2.45, 2.75) is 44.1 Å². The molecule has 5 aliphatic rings. The summed E-state index contributed by atoms with van der Waals surface area (Å²) in [5.74, 6) is 0.185. The SMILES string of the molecule is O=C(CN1CCN(c2ccc(F)c(F)c2)C1=O)NC12CC3CC(CC(C3)C1)C2. The molecule has 1 aliphatic heterocycles. The summed E-state index contributed by atoms with van der Waals surface area (Å²) in [6.07, 6.45) is 7.13. The monoisotopic (exact) mass is 389 g/mol. The van der Waals surface area contributed by atoms with Gasteiger partial charge in [-0.2, -0.15) is 0 Å². The second-order valence-corrected chi connectivity index (χ2v) is 9.20. The van der Waals surface area contributed by atoms with Gasteiger partial charge in [-0.15, -0.1) is 0 Å². The Bertz CT molecular complexity index is 793. The molecule has 5 nitrogen and oxygen atoms in total. The summed E-state index contributed by atoms with van der Waals surface area (Å²) in [5, 5.41) is 3.28. The van der Waals surface area contributed by atoms with Gasteiger partial charge in [0.1, 0.15) is 6.54 Å². The van der Waals surface area contributed by atoms with Gasteiger partial charge in [-0.25, -0.2) is 13.6 Å². The van der Waals surface area contributed by atoms with Crippen molar-refractivity contribution in [3.8, 4) is 0 Å². The summed E-state index contributed by atoms with van der Waals surface area (Å²) in [4.78, 5) is 28.3. The average molecular weight is 389 g/mol. The molecule has 4 saturated carbocycles. The molecule has 0 spiro atoms. The van der Waals surface area contributed by atoms with Crippen molar-refractivity contribution in [3.63, 3.8) is 0 Å². The van der Waals surface area contributed by atoms with E-state index in [1.54, 1.807) is 0 Å². The van der Waals surface area contributed by atoms with E-state index in [1.807, 2.05) is 0 Å². The van der Waals surface area contributed by atoms with Crippen molar-refractivity contribution in [2.75, 3.05) is 24.5 Å². The highest BCUT2D eigenvalue weighted by molar-refractivity contribution is 5.96. The van der Waals surface area contributed by atoms with Crippen LogP contribution in [0.4, 0.5) is 19.3 Å². The fourth-order valence-corrected chi connectivity index (χ4v) is 6.39. The van der Waals surface area contributed by atoms with Gasteiger partial charge < -0.3 is 10.2 Å². The lowest BCUT2D eigenvalue weighted by atomic mass is 9.53. The van der Waals surface area contributed by atoms with Crippen LogP contribution in [-0.2, 0) is 4.79 Å². The number of urea groups is 1. The molecule has 1 heterocycles. The minimum absolute atomic E-state index is 0.0146. The number of hydrogen-bond acceptors (Lipinski definition) is 2. The average Bonchev–Trinajstić information content (AvgIpc) is 2.96. The first-order valence-corrected chi connectivity index (χ1v) is 10.2. The topological polar surface area (TPSA) is 52.7 Å². The van der Waals surface area contributed by atoms with Crippen molar-refractivity contribution in [1.29, 1.82) is 0 Å². The maximum absolute atomic E-state index is 13.5. The summed E-state index contributed by atoms with van der Waals surface area (Å²) in [6.45, 7) is 0.765. The molecule has 4 bridgehead atoms. The van der Waals surface area contributed by atoms with E-state index < -0.39 is 11.6 Å². The van der Waals surface area contributed by atoms with Crippen LogP contribution >= 0.6 is 0 Å². The van der Waals surface area contributed by atoms with E-state index >= 15 is 0 Å². The summed E-state index contributed by atoms with van der Waals surface area (Å²) in [5.41, 5.74) is 0.238. The predicted molar refractivity (Wildman–Crippen MR) is 99.7 cm³/mol. The van der Waals surface area contributed by atoms with Crippen LogP contribution in [0.15, 0.2) is 18.2 Å². The first-order valence-electron chi connectivity index (χ1n) is 10.2. The molecule has 150 valence electrons. The molecular weight excluding hydrogens is 364 g/mol. The minimum atomic E-state index is -0.983. The van der Waals surface area contributed by atoms with Crippen LogP contribution in [0.5, 0.6) is 0 Å². The van der Waals surface area contributed by atoms with Gasteiger partial charge >= 0.3 is 6.03 Å². The molecule has 1 aromatic rings. The first kappa shape index (κ1) is 17.9. The number of rotatable bonds is 4. The second kappa shape index (κ2) is 6.42. The Morgan fingerprint density at radius 2 is 1.68 bits per heavy atom. The molecule has 1 N–H and O–H groups in total. The van der Waals surface area contributed by atoms with Gasteiger partial charge in [0.05, 0.1) is 0 Å². The predicted octanol–water partition coefficient (Wildman–Crippen LogP) is 3.29. The van der Waals surface area contributed by atoms with Crippen LogP contribution in [-0.4, -0.2) is 42.0 Å². The number of hydrogen-bond donors (Lipinski definition) is 1. The van der Waals surface area contributed by atoms with Crippen molar-refractivity contribution < 1.29 is 18.4 Å². The molecule has 6 rings (SSSR count). The third-order valence-corrected chi connectivity index (χ3v) is 7.09. The lowest BCUT2D eigenvalue weighted by molar-refractivity contribution is -0.127. The number of benzene rings is 1. The fourth-order valence-electron chi connectivity index (χ4n) is 6.39. The maximum atomic E-state index is 13.5. The summed E-state index contributed by atoms with van der Waals surface area (Å²) >= 11 is 0. The Morgan fingerprint density at radius 1 is 1.04 bits per heavy atom. The normalized spacial score (nSPS) is 33.6. The standard InChI is InChI=1S/C21H25F2N3O2/c22-17-2-1-16(8-18(17)23)26-4-3-25(20(26)28)12-19(27)24-21-9-13-5-14(10-21)7-15(6-13)11-21/h1-2,8,13-15H,3-7,9-12H2,(H,24,27). The van der Waals surface area contributed by atoms with Crippen LogP contribution in [0, 0.1) is 29.4 Å². The lowest BCUT2D eigenvalue weighted by Crippen LogP contribution is -2.61. The van der Waals surface area contributed by atoms with Gasteiger partial charge in [0.15, 0.2) is 11.6 Å². The summed E-state index contributed by atoms with van der Waals surface area (Å²) < 4.78 is 26.6. The van der Waals surface area contributed by atoms with Crippen molar-refractivity contribution in [1.82, 2.24) is 10.2 Å². The van der Waals surface area contributed by atoms with Gasteiger partial charge in [-0.3, -0.25) is 9.69 Å². The Kier molecular flexibility index (Phi) is 4.10. The van der Waals surface area contributed by atoms with Gasteiger partial charge in [0.25, 0.3) is 0 Å². The zero-order valence-corrected chi connectivity index (χ0v) is 15.8. The smallest absolute Gasteiger partial charge is 0.325 e. The fraction of sp³-hybridized carbons (Fsp3) is 0.619. The minimum Gasteiger partial charge on any atom is -0.349 e. The first-order chi connectivity index (χ1) is 13.4.